The summed E-state index contributed by atoms with van der Waals surface area (Å²) in [7, 11) is 0. The van der Waals surface area contributed by atoms with Gasteiger partial charge in [0.2, 0.25) is 0 Å². The van der Waals surface area contributed by atoms with Crippen molar-refractivity contribution in [2.45, 2.75) is 36.1 Å². The van der Waals surface area contributed by atoms with Gasteiger partial charge >= 0.3 is 0 Å². The first-order valence-electron chi connectivity index (χ1n) is 6.48. The van der Waals surface area contributed by atoms with Gasteiger partial charge in [0, 0.05) is 0 Å². The monoisotopic (exact) mass is 371 g/mol. The van der Waals surface area contributed by atoms with E-state index in [1.54, 1.807) is 12.1 Å². The lowest BCUT2D eigenvalue weighted by Crippen LogP contribution is -1.96. The van der Waals surface area contributed by atoms with E-state index in [2.05, 4.69) is 16.3 Å². The molecule has 1 aromatic heterocycles. The molecular formula is C15H12Cl3N3S. The van der Waals surface area contributed by atoms with Crippen LogP contribution in [-0.4, -0.2) is 10.2 Å². The lowest BCUT2D eigenvalue weighted by Gasteiger charge is -2.10. The number of hydrogen-bond acceptors (Lipinski definition) is 4. The van der Waals surface area contributed by atoms with Crippen molar-refractivity contribution in [2.75, 3.05) is 0 Å². The lowest BCUT2D eigenvalue weighted by molar-refractivity contribution is 0.815. The quantitative estimate of drug-likeness (QED) is 0.682. The van der Waals surface area contributed by atoms with Crippen LogP contribution in [0.4, 0.5) is 0 Å². The molecule has 0 fully saturated rings. The number of halogens is 3. The van der Waals surface area contributed by atoms with E-state index in [1.807, 2.05) is 19.9 Å². The predicted octanol–water partition coefficient (Wildman–Crippen LogP) is 5.78. The summed E-state index contributed by atoms with van der Waals surface area (Å²) in [6.45, 7) is 4.07. The fraction of sp³-hybridized carbons (Fsp3) is 0.267. The third-order valence-corrected chi connectivity index (χ3v) is 5.09. The molecule has 1 aromatic carbocycles. The lowest BCUT2D eigenvalue weighted by atomic mass is 10.1. The molecule has 0 aliphatic carbocycles. The molecule has 1 heterocycles. The van der Waals surface area contributed by atoms with E-state index < -0.39 is 0 Å². The Balaban J connectivity index is 2.35. The summed E-state index contributed by atoms with van der Waals surface area (Å²) in [5, 5.41) is 18.8. The van der Waals surface area contributed by atoms with E-state index in [9.17, 15) is 0 Å². The molecule has 0 aliphatic rings. The average Bonchev–Trinajstić information content (AvgIpc) is 2.44. The Kier molecular flexibility index (Phi) is 5.94. The molecule has 0 radical (unpaired) electrons. The highest BCUT2D eigenvalue weighted by Gasteiger charge is 2.14. The van der Waals surface area contributed by atoms with Crippen LogP contribution in [0.5, 0.6) is 0 Å². The van der Waals surface area contributed by atoms with Crippen LogP contribution in [0.1, 0.15) is 30.9 Å². The van der Waals surface area contributed by atoms with Gasteiger partial charge in [0.1, 0.15) is 5.03 Å². The Labute approximate surface area is 148 Å². The first-order chi connectivity index (χ1) is 10.4. The van der Waals surface area contributed by atoms with Crippen LogP contribution in [0.15, 0.2) is 28.1 Å². The SMILES string of the molecule is CC(C)c1cc(Sc2c(Cl)cc(CC#N)cc2Cl)nnc1Cl. The van der Waals surface area contributed by atoms with Crippen molar-refractivity contribution >= 4 is 46.6 Å². The predicted molar refractivity (Wildman–Crippen MR) is 91.0 cm³/mol. The van der Waals surface area contributed by atoms with E-state index >= 15 is 0 Å². The molecule has 2 rings (SSSR count). The van der Waals surface area contributed by atoms with Crippen LogP contribution in [0, 0.1) is 11.3 Å². The van der Waals surface area contributed by atoms with Crippen LogP contribution in [0.25, 0.3) is 0 Å². The van der Waals surface area contributed by atoms with Gasteiger partial charge in [-0.3, -0.25) is 0 Å². The maximum Gasteiger partial charge on any atom is 0.155 e. The third-order valence-electron chi connectivity index (χ3n) is 2.92. The average molecular weight is 373 g/mol. The van der Waals surface area contributed by atoms with Crippen LogP contribution >= 0.6 is 46.6 Å². The van der Waals surface area contributed by atoms with Crippen molar-refractivity contribution in [3.05, 3.63) is 44.5 Å². The molecule has 0 spiro atoms. The molecule has 0 atom stereocenters. The van der Waals surface area contributed by atoms with Crippen molar-refractivity contribution in [1.82, 2.24) is 10.2 Å². The van der Waals surface area contributed by atoms with Gasteiger partial charge in [-0.05, 0) is 35.2 Å². The number of rotatable bonds is 4. The summed E-state index contributed by atoms with van der Waals surface area (Å²) in [6, 6.07) is 7.45. The molecule has 0 unspecified atom stereocenters. The first-order valence-corrected chi connectivity index (χ1v) is 8.43. The Bertz CT molecular complexity index is 718. The first kappa shape index (κ1) is 17.4. The van der Waals surface area contributed by atoms with Gasteiger partial charge in [-0.1, -0.05) is 60.4 Å². The number of benzene rings is 1. The zero-order chi connectivity index (χ0) is 16.3. The van der Waals surface area contributed by atoms with E-state index in [1.165, 1.54) is 11.8 Å². The van der Waals surface area contributed by atoms with Crippen molar-refractivity contribution < 1.29 is 0 Å². The second kappa shape index (κ2) is 7.52. The second-order valence-corrected chi connectivity index (χ2v) is 7.11. The number of aromatic nitrogens is 2. The van der Waals surface area contributed by atoms with Crippen LogP contribution in [0.3, 0.4) is 0 Å². The summed E-state index contributed by atoms with van der Waals surface area (Å²) in [4.78, 5) is 0.691. The molecular weight excluding hydrogens is 361 g/mol. The molecule has 7 heteroatoms. The fourth-order valence-corrected chi connectivity index (χ4v) is 3.70. The van der Waals surface area contributed by atoms with Gasteiger partial charge in [0.25, 0.3) is 0 Å². The highest BCUT2D eigenvalue weighted by Crippen LogP contribution is 2.39. The smallest absolute Gasteiger partial charge is 0.155 e. The Morgan fingerprint density at radius 1 is 1.14 bits per heavy atom. The number of nitrogens with zero attached hydrogens (tertiary/aromatic N) is 3. The van der Waals surface area contributed by atoms with Crippen LogP contribution < -0.4 is 0 Å². The van der Waals surface area contributed by atoms with Gasteiger partial charge in [-0.15, -0.1) is 10.2 Å². The Hall–Kier alpha value is -0.990. The van der Waals surface area contributed by atoms with E-state index in [0.717, 1.165) is 11.1 Å². The fourth-order valence-electron chi connectivity index (χ4n) is 1.83. The van der Waals surface area contributed by atoms with Gasteiger partial charge in [0.15, 0.2) is 5.15 Å². The van der Waals surface area contributed by atoms with Crippen LogP contribution in [0.2, 0.25) is 15.2 Å². The second-order valence-electron chi connectivity index (χ2n) is 4.91. The normalized spacial score (nSPS) is 10.8. The highest BCUT2D eigenvalue weighted by molar-refractivity contribution is 7.99. The van der Waals surface area contributed by atoms with E-state index in [0.29, 0.717) is 25.1 Å². The summed E-state index contributed by atoms with van der Waals surface area (Å²) >= 11 is 19.9. The van der Waals surface area contributed by atoms with Crippen molar-refractivity contribution in [1.29, 1.82) is 5.26 Å². The summed E-state index contributed by atoms with van der Waals surface area (Å²) in [5.74, 6) is 0.242. The Morgan fingerprint density at radius 2 is 1.77 bits per heavy atom. The van der Waals surface area contributed by atoms with Gasteiger partial charge < -0.3 is 0 Å². The zero-order valence-electron chi connectivity index (χ0n) is 11.9. The summed E-state index contributed by atoms with van der Waals surface area (Å²) in [6.07, 6.45) is 0.267. The molecule has 0 bridgehead atoms. The molecule has 22 heavy (non-hydrogen) atoms. The molecule has 0 aliphatic heterocycles. The van der Waals surface area contributed by atoms with Crippen molar-refractivity contribution in [2.24, 2.45) is 0 Å². The van der Waals surface area contributed by atoms with Gasteiger partial charge in [0.05, 0.1) is 27.4 Å². The minimum absolute atomic E-state index is 0.242. The van der Waals surface area contributed by atoms with Crippen LogP contribution in [-0.2, 0) is 6.42 Å². The standard InChI is InChI=1S/C15H12Cl3N3S/c1-8(2)10-7-13(20-21-15(10)18)22-14-11(16)5-9(3-4-19)6-12(14)17/h5-8H,3H2,1-2H3. The topological polar surface area (TPSA) is 49.6 Å². The molecule has 0 saturated carbocycles. The molecule has 0 N–H and O–H groups in total. The molecule has 2 aromatic rings. The zero-order valence-corrected chi connectivity index (χ0v) is 15.0. The van der Waals surface area contributed by atoms with Gasteiger partial charge in [-0.2, -0.15) is 5.26 Å². The maximum absolute atomic E-state index is 8.74. The van der Waals surface area contributed by atoms with E-state index in [-0.39, 0.29) is 12.3 Å². The molecule has 0 amide bonds. The van der Waals surface area contributed by atoms with Crippen molar-refractivity contribution in [3.8, 4) is 6.07 Å². The summed E-state index contributed by atoms with van der Waals surface area (Å²) in [5.41, 5.74) is 1.71. The number of nitriles is 1. The van der Waals surface area contributed by atoms with Gasteiger partial charge in [-0.25, -0.2) is 0 Å². The maximum atomic E-state index is 8.74. The van der Waals surface area contributed by atoms with E-state index in [4.69, 9.17) is 40.1 Å². The number of hydrogen-bond donors (Lipinski definition) is 0. The molecule has 114 valence electrons. The minimum Gasteiger partial charge on any atom is -0.198 e. The largest absolute Gasteiger partial charge is 0.198 e. The molecule has 0 saturated heterocycles. The minimum atomic E-state index is 0.242. The van der Waals surface area contributed by atoms with Crippen molar-refractivity contribution in [3.63, 3.8) is 0 Å². The molecule has 3 nitrogen and oxygen atoms in total. The third kappa shape index (κ3) is 4.05. The Morgan fingerprint density at radius 3 is 2.32 bits per heavy atom. The highest BCUT2D eigenvalue weighted by atomic mass is 35.5. The summed E-state index contributed by atoms with van der Waals surface area (Å²) < 4.78 is 0.